The molecule has 1 fully saturated rings. The van der Waals surface area contributed by atoms with Crippen molar-refractivity contribution in [2.75, 3.05) is 26.1 Å². The second kappa shape index (κ2) is 12.5. The molecule has 1 aliphatic rings. The van der Waals surface area contributed by atoms with E-state index in [1.807, 2.05) is 53.4 Å². The van der Waals surface area contributed by atoms with Crippen molar-refractivity contribution in [2.45, 2.75) is 56.8 Å². The number of amides is 2. The van der Waals surface area contributed by atoms with Gasteiger partial charge in [0.15, 0.2) is 6.29 Å². The maximum atomic E-state index is 13.9. The summed E-state index contributed by atoms with van der Waals surface area (Å²) in [5.74, 6) is -0.0916. The Morgan fingerprint density at radius 2 is 1.85 bits per heavy atom. The van der Waals surface area contributed by atoms with Gasteiger partial charge in [-0.2, -0.15) is 0 Å². The second-order valence-electron chi connectivity index (χ2n) is 8.71. The largest absolute Gasteiger partial charge is 0.356 e. The third kappa shape index (κ3) is 6.13. The normalized spacial score (nSPS) is 17.9. The number of likely N-dealkylation sites (tertiary alicyclic amines) is 1. The van der Waals surface area contributed by atoms with Crippen molar-refractivity contribution in [1.82, 2.24) is 4.90 Å². The van der Waals surface area contributed by atoms with E-state index in [-0.39, 0.29) is 11.8 Å². The Balaban J connectivity index is 1.85. The summed E-state index contributed by atoms with van der Waals surface area (Å²) >= 11 is 0. The molecular formula is C28H36N2O4. The van der Waals surface area contributed by atoms with Gasteiger partial charge in [0.2, 0.25) is 11.8 Å². The van der Waals surface area contributed by atoms with E-state index < -0.39 is 11.8 Å². The molecule has 0 bridgehead atoms. The summed E-state index contributed by atoms with van der Waals surface area (Å²) in [6.07, 6.45) is 5.77. The summed E-state index contributed by atoms with van der Waals surface area (Å²) in [5.41, 5.74) is 1.92. The lowest BCUT2D eigenvalue weighted by Crippen LogP contribution is -2.55. The highest BCUT2D eigenvalue weighted by Crippen LogP contribution is 2.37. The summed E-state index contributed by atoms with van der Waals surface area (Å²) in [6.45, 7) is 4.34. The number of hydrogen-bond acceptors (Lipinski definition) is 4. The van der Waals surface area contributed by atoms with Gasteiger partial charge in [-0.3, -0.25) is 9.59 Å². The number of ether oxygens (including phenoxy) is 2. The molecular weight excluding hydrogens is 428 g/mol. The molecule has 1 heterocycles. The molecule has 1 unspecified atom stereocenters. The number of anilines is 1. The molecule has 2 aromatic rings. The molecule has 0 saturated carbocycles. The highest BCUT2D eigenvalue weighted by Gasteiger charge is 2.50. The van der Waals surface area contributed by atoms with Crippen LogP contribution in [0, 0.1) is 0 Å². The van der Waals surface area contributed by atoms with Crippen LogP contribution in [-0.4, -0.2) is 49.3 Å². The number of carbonyl (C=O) groups excluding carboxylic acids is 2. The van der Waals surface area contributed by atoms with Crippen LogP contribution in [0.15, 0.2) is 67.3 Å². The van der Waals surface area contributed by atoms with E-state index >= 15 is 0 Å². The molecule has 6 nitrogen and oxygen atoms in total. The van der Waals surface area contributed by atoms with Crippen molar-refractivity contribution in [3.8, 4) is 0 Å². The summed E-state index contributed by atoms with van der Waals surface area (Å²) in [7, 11) is 3.19. The fourth-order valence-electron chi connectivity index (χ4n) is 4.70. The molecule has 0 radical (unpaired) electrons. The maximum absolute atomic E-state index is 13.9. The molecule has 1 saturated heterocycles. The molecule has 0 aromatic heterocycles. The van der Waals surface area contributed by atoms with Crippen LogP contribution < -0.4 is 5.32 Å². The number of hydrogen-bond donors (Lipinski definition) is 1. The Labute approximate surface area is 202 Å². The van der Waals surface area contributed by atoms with Gasteiger partial charge in [0.05, 0.1) is 0 Å². The van der Waals surface area contributed by atoms with Crippen LogP contribution in [0.25, 0.3) is 0 Å². The first-order chi connectivity index (χ1) is 16.5. The smallest absolute Gasteiger partial charge is 0.250 e. The van der Waals surface area contributed by atoms with Gasteiger partial charge in [-0.15, -0.1) is 6.58 Å². The topological polar surface area (TPSA) is 67.9 Å². The fourth-order valence-corrected chi connectivity index (χ4v) is 4.70. The van der Waals surface area contributed by atoms with E-state index in [2.05, 4.69) is 24.0 Å². The highest BCUT2D eigenvalue weighted by atomic mass is 16.7. The molecule has 34 heavy (non-hydrogen) atoms. The number of para-hydroxylation sites is 1. The third-order valence-electron chi connectivity index (χ3n) is 6.64. The van der Waals surface area contributed by atoms with Gasteiger partial charge >= 0.3 is 0 Å². The number of unbranched alkanes of at least 4 members (excludes halogenated alkanes) is 1. The van der Waals surface area contributed by atoms with Crippen LogP contribution in [0.1, 0.15) is 43.2 Å². The van der Waals surface area contributed by atoms with Crippen molar-refractivity contribution in [1.29, 1.82) is 0 Å². The Hall–Kier alpha value is -2.96. The first-order valence-corrected chi connectivity index (χ1v) is 11.9. The Bertz CT molecular complexity index is 958. The number of nitrogens with zero attached hydrogens (tertiary/aromatic N) is 1. The van der Waals surface area contributed by atoms with Crippen LogP contribution in [0.5, 0.6) is 0 Å². The first kappa shape index (κ1) is 25.7. The number of nitrogens with one attached hydrogen (secondary N) is 1. The fraction of sp³-hybridized carbons (Fsp3) is 0.429. The van der Waals surface area contributed by atoms with E-state index in [9.17, 15) is 9.59 Å². The van der Waals surface area contributed by atoms with E-state index in [4.69, 9.17) is 9.47 Å². The summed E-state index contributed by atoms with van der Waals surface area (Å²) < 4.78 is 10.7. The van der Waals surface area contributed by atoms with E-state index in [1.54, 1.807) is 14.2 Å². The van der Waals surface area contributed by atoms with Gasteiger partial charge in [-0.05, 0) is 49.3 Å². The SMILES string of the molecule is C=CCCCC1(C(=O)Nc2ccccc2CC(OC)OC)CCC(=O)N1CCc1ccccc1. The van der Waals surface area contributed by atoms with Crippen LogP contribution in [0.2, 0.25) is 0 Å². The maximum Gasteiger partial charge on any atom is 0.250 e. The highest BCUT2D eigenvalue weighted by molar-refractivity contribution is 6.02. The summed E-state index contributed by atoms with van der Waals surface area (Å²) in [4.78, 5) is 28.7. The van der Waals surface area contributed by atoms with Gasteiger partial charge in [-0.25, -0.2) is 0 Å². The van der Waals surface area contributed by atoms with Gasteiger partial charge < -0.3 is 19.7 Å². The molecule has 6 heteroatoms. The first-order valence-electron chi connectivity index (χ1n) is 11.9. The van der Waals surface area contributed by atoms with E-state index in [1.165, 1.54) is 0 Å². The van der Waals surface area contributed by atoms with Crippen molar-refractivity contribution in [3.63, 3.8) is 0 Å². The molecule has 182 valence electrons. The van der Waals surface area contributed by atoms with Crippen molar-refractivity contribution in [3.05, 3.63) is 78.4 Å². The number of carbonyl (C=O) groups is 2. The monoisotopic (exact) mass is 464 g/mol. The van der Waals surface area contributed by atoms with Gasteiger partial charge in [0.25, 0.3) is 0 Å². The van der Waals surface area contributed by atoms with Crippen LogP contribution in [0.3, 0.4) is 0 Å². The quantitative estimate of drug-likeness (QED) is 0.264. The van der Waals surface area contributed by atoms with Crippen LogP contribution in [0.4, 0.5) is 5.69 Å². The number of methoxy groups -OCH3 is 2. The molecule has 1 atom stereocenters. The van der Waals surface area contributed by atoms with Gasteiger partial charge in [0, 0.05) is 39.3 Å². The second-order valence-corrected chi connectivity index (χ2v) is 8.71. The Morgan fingerprint density at radius 1 is 1.15 bits per heavy atom. The Kier molecular flexibility index (Phi) is 9.42. The van der Waals surface area contributed by atoms with E-state index in [0.29, 0.717) is 38.6 Å². The minimum absolute atomic E-state index is 0.0387. The van der Waals surface area contributed by atoms with Crippen molar-refractivity contribution < 1.29 is 19.1 Å². The average molecular weight is 465 g/mol. The molecule has 1 N–H and O–H groups in total. The number of rotatable bonds is 13. The molecule has 1 aliphatic heterocycles. The zero-order valence-corrected chi connectivity index (χ0v) is 20.3. The lowest BCUT2D eigenvalue weighted by Gasteiger charge is -2.38. The standard InChI is InChI=1S/C28H36N2O4/c1-4-5-11-18-28(19-16-25(31)30(28)20-17-22-12-7-6-8-13-22)27(32)29-24-15-10-9-14-23(24)21-26(33-2)34-3/h4,6-10,12-15,26H,1,5,11,16-21H2,2-3H3,(H,29,32). The molecule has 2 aromatic carbocycles. The number of allylic oxidation sites excluding steroid dienone is 1. The minimum atomic E-state index is -0.871. The zero-order chi connectivity index (χ0) is 24.4. The molecule has 3 rings (SSSR count). The van der Waals surface area contributed by atoms with Crippen molar-refractivity contribution >= 4 is 17.5 Å². The minimum Gasteiger partial charge on any atom is -0.356 e. The molecule has 2 amide bonds. The predicted molar refractivity (Wildman–Crippen MR) is 134 cm³/mol. The van der Waals surface area contributed by atoms with Crippen LogP contribution in [-0.2, 0) is 31.9 Å². The summed E-state index contributed by atoms with van der Waals surface area (Å²) in [6, 6.07) is 17.7. The predicted octanol–water partition coefficient (Wildman–Crippen LogP) is 4.75. The third-order valence-corrected chi connectivity index (χ3v) is 6.64. The molecule has 0 aliphatic carbocycles. The lowest BCUT2D eigenvalue weighted by atomic mass is 9.87. The summed E-state index contributed by atoms with van der Waals surface area (Å²) in [5, 5.41) is 3.15. The van der Waals surface area contributed by atoms with Crippen LogP contribution >= 0.6 is 0 Å². The van der Waals surface area contributed by atoms with E-state index in [0.717, 1.165) is 29.7 Å². The number of benzene rings is 2. The molecule has 0 spiro atoms. The average Bonchev–Trinajstić information content (AvgIpc) is 3.19. The lowest BCUT2D eigenvalue weighted by molar-refractivity contribution is -0.139. The van der Waals surface area contributed by atoms with Gasteiger partial charge in [0.1, 0.15) is 5.54 Å². The Morgan fingerprint density at radius 3 is 2.56 bits per heavy atom. The van der Waals surface area contributed by atoms with Gasteiger partial charge in [-0.1, -0.05) is 54.6 Å². The van der Waals surface area contributed by atoms with Crippen molar-refractivity contribution in [2.24, 2.45) is 0 Å². The zero-order valence-electron chi connectivity index (χ0n) is 20.3.